The van der Waals surface area contributed by atoms with Crippen LogP contribution in [-0.4, -0.2) is 13.6 Å². The number of hydrogen-bond acceptors (Lipinski definition) is 3. The van der Waals surface area contributed by atoms with Gasteiger partial charge < -0.3 is 10.6 Å². The first-order valence-corrected chi connectivity index (χ1v) is 6.81. The summed E-state index contributed by atoms with van der Waals surface area (Å²) in [5.74, 6) is -0.202. The summed E-state index contributed by atoms with van der Waals surface area (Å²) < 4.78 is 13.9. The van der Waals surface area contributed by atoms with Gasteiger partial charge in [-0.25, -0.2) is 4.39 Å². The minimum atomic E-state index is -0.202. The monoisotopic (exact) mass is 264 g/mol. The van der Waals surface area contributed by atoms with E-state index in [4.69, 9.17) is 5.73 Å². The molecular weight excluding hydrogens is 247 g/mol. The summed E-state index contributed by atoms with van der Waals surface area (Å²) >= 11 is 1.73. The van der Waals surface area contributed by atoms with Gasteiger partial charge in [0.05, 0.1) is 5.69 Å². The average molecular weight is 264 g/mol. The molecule has 0 aliphatic carbocycles. The first-order valence-electron chi connectivity index (χ1n) is 5.93. The molecule has 1 heterocycles. The van der Waals surface area contributed by atoms with Crippen molar-refractivity contribution in [3.8, 4) is 0 Å². The minimum absolute atomic E-state index is 0.202. The zero-order valence-corrected chi connectivity index (χ0v) is 11.2. The lowest BCUT2D eigenvalue weighted by molar-refractivity contribution is 0.619. The molecule has 1 aromatic heterocycles. The SMILES string of the molecule is CN(CCc1cccs1)c1c(F)cccc1CN. The molecule has 18 heavy (non-hydrogen) atoms. The zero-order chi connectivity index (χ0) is 13.0. The number of benzene rings is 1. The molecule has 0 spiro atoms. The van der Waals surface area contributed by atoms with Crippen LogP contribution in [0, 0.1) is 5.82 Å². The Morgan fingerprint density at radius 1 is 1.28 bits per heavy atom. The Morgan fingerprint density at radius 2 is 2.11 bits per heavy atom. The average Bonchev–Trinajstić information content (AvgIpc) is 2.88. The molecule has 2 aromatic rings. The third-order valence-electron chi connectivity index (χ3n) is 2.95. The second-order valence-electron chi connectivity index (χ2n) is 4.20. The Labute approximate surface area is 111 Å². The molecule has 0 amide bonds. The lowest BCUT2D eigenvalue weighted by Gasteiger charge is -2.22. The van der Waals surface area contributed by atoms with E-state index in [-0.39, 0.29) is 5.82 Å². The standard InChI is InChI=1S/C14H17FN2S/c1-17(8-7-12-5-3-9-18-12)14-11(10-16)4-2-6-13(14)15/h2-6,9H,7-8,10,16H2,1H3. The lowest BCUT2D eigenvalue weighted by atomic mass is 10.1. The maximum absolute atomic E-state index is 13.9. The summed E-state index contributed by atoms with van der Waals surface area (Å²) in [6.07, 6.45) is 0.923. The zero-order valence-electron chi connectivity index (χ0n) is 10.4. The molecular formula is C14H17FN2S. The predicted octanol–water partition coefficient (Wildman–Crippen LogP) is 3.02. The topological polar surface area (TPSA) is 29.3 Å². The normalized spacial score (nSPS) is 10.6. The fraction of sp³-hybridized carbons (Fsp3) is 0.286. The molecule has 2 N–H and O–H groups in total. The maximum atomic E-state index is 13.9. The molecule has 2 rings (SSSR count). The first kappa shape index (κ1) is 13.1. The van der Waals surface area contributed by atoms with Crippen molar-refractivity contribution in [2.45, 2.75) is 13.0 Å². The van der Waals surface area contributed by atoms with Crippen LogP contribution in [0.1, 0.15) is 10.4 Å². The van der Waals surface area contributed by atoms with Crippen molar-refractivity contribution in [3.05, 3.63) is 52.0 Å². The van der Waals surface area contributed by atoms with Gasteiger partial charge in [0.2, 0.25) is 0 Å². The van der Waals surface area contributed by atoms with Crippen molar-refractivity contribution in [2.24, 2.45) is 5.73 Å². The van der Waals surface area contributed by atoms with Crippen LogP contribution < -0.4 is 10.6 Å². The largest absolute Gasteiger partial charge is 0.372 e. The molecule has 96 valence electrons. The van der Waals surface area contributed by atoms with Crippen LogP contribution in [0.5, 0.6) is 0 Å². The Bertz CT molecular complexity index is 497. The highest BCUT2D eigenvalue weighted by Gasteiger charge is 2.11. The van der Waals surface area contributed by atoms with Crippen molar-refractivity contribution in [1.29, 1.82) is 0 Å². The Morgan fingerprint density at radius 3 is 2.78 bits per heavy atom. The van der Waals surface area contributed by atoms with Crippen molar-refractivity contribution in [3.63, 3.8) is 0 Å². The number of anilines is 1. The van der Waals surface area contributed by atoms with E-state index in [1.165, 1.54) is 10.9 Å². The van der Waals surface area contributed by atoms with Crippen LogP contribution in [0.3, 0.4) is 0 Å². The third-order valence-corrected chi connectivity index (χ3v) is 3.88. The van der Waals surface area contributed by atoms with Crippen molar-refractivity contribution in [2.75, 3.05) is 18.5 Å². The van der Waals surface area contributed by atoms with Gasteiger partial charge in [-0.15, -0.1) is 11.3 Å². The highest BCUT2D eigenvalue weighted by Crippen LogP contribution is 2.23. The van der Waals surface area contributed by atoms with Gasteiger partial charge >= 0.3 is 0 Å². The van der Waals surface area contributed by atoms with Crippen molar-refractivity contribution in [1.82, 2.24) is 0 Å². The number of halogens is 1. The number of para-hydroxylation sites is 1. The lowest BCUT2D eigenvalue weighted by Crippen LogP contribution is -2.23. The fourth-order valence-electron chi connectivity index (χ4n) is 2.00. The first-order chi connectivity index (χ1) is 8.72. The molecule has 0 saturated carbocycles. The number of nitrogens with two attached hydrogens (primary N) is 1. The molecule has 2 nitrogen and oxygen atoms in total. The molecule has 4 heteroatoms. The number of thiophene rings is 1. The highest BCUT2D eigenvalue weighted by atomic mass is 32.1. The molecule has 0 atom stereocenters. The predicted molar refractivity (Wildman–Crippen MR) is 75.6 cm³/mol. The summed E-state index contributed by atoms with van der Waals surface area (Å²) in [5.41, 5.74) is 7.13. The Kier molecular flexibility index (Phi) is 4.33. The molecule has 0 unspecified atom stereocenters. The van der Waals surface area contributed by atoms with E-state index in [0.717, 1.165) is 18.5 Å². The summed E-state index contributed by atoms with van der Waals surface area (Å²) in [7, 11) is 1.91. The van der Waals surface area contributed by atoms with Gasteiger partial charge in [-0.05, 0) is 29.5 Å². The molecule has 0 radical (unpaired) electrons. The van der Waals surface area contributed by atoms with E-state index in [1.54, 1.807) is 17.4 Å². The van der Waals surface area contributed by atoms with E-state index in [0.29, 0.717) is 12.2 Å². The van der Waals surface area contributed by atoms with Crippen LogP contribution in [0.2, 0.25) is 0 Å². The maximum Gasteiger partial charge on any atom is 0.146 e. The minimum Gasteiger partial charge on any atom is -0.372 e. The van der Waals surface area contributed by atoms with Crippen LogP contribution in [0.4, 0.5) is 10.1 Å². The van der Waals surface area contributed by atoms with Gasteiger partial charge in [0.25, 0.3) is 0 Å². The van der Waals surface area contributed by atoms with Crippen LogP contribution in [0.15, 0.2) is 35.7 Å². The fourth-order valence-corrected chi connectivity index (χ4v) is 2.69. The van der Waals surface area contributed by atoms with Gasteiger partial charge in [-0.1, -0.05) is 18.2 Å². The molecule has 0 saturated heterocycles. The van der Waals surface area contributed by atoms with E-state index < -0.39 is 0 Å². The molecule has 0 aliphatic rings. The van der Waals surface area contributed by atoms with Gasteiger partial charge in [-0.3, -0.25) is 0 Å². The van der Waals surface area contributed by atoms with E-state index in [9.17, 15) is 4.39 Å². The van der Waals surface area contributed by atoms with Gasteiger partial charge in [0.15, 0.2) is 0 Å². The number of hydrogen-bond donors (Lipinski definition) is 1. The molecule has 0 fully saturated rings. The van der Waals surface area contributed by atoms with Crippen LogP contribution >= 0.6 is 11.3 Å². The van der Waals surface area contributed by atoms with E-state index >= 15 is 0 Å². The van der Waals surface area contributed by atoms with Crippen molar-refractivity contribution < 1.29 is 4.39 Å². The van der Waals surface area contributed by atoms with Crippen LogP contribution in [0.25, 0.3) is 0 Å². The summed E-state index contributed by atoms with van der Waals surface area (Å²) in [6.45, 7) is 1.14. The number of likely N-dealkylation sites (N-methyl/N-ethyl adjacent to an activating group) is 1. The third kappa shape index (κ3) is 2.89. The highest BCUT2D eigenvalue weighted by molar-refractivity contribution is 7.09. The Balaban J connectivity index is 2.10. The molecule has 0 aliphatic heterocycles. The summed E-state index contributed by atoms with van der Waals surface area (Å²) in [6, 6.07) is 9.20. The second kappa shape index (κ2) is 5.98. The smallest absolute Gasteiger partial charge is 0.146 e. The quantitative estimate of drug-likeness (QED) is 0.899. The van der Waals surface area contributed by atoms with Crippen LogP contribution in [-0.2, 0) is 13.0 Å². The number of nitrogens with zero attached hydrogens (tertiary/aromatic N) is 1. The van der Waals surface area contributed by atoms with E-state index in [1.807, 2.05) is 24.1 Å². The molecule has 0 bridgehead atoms. The summed E-state index contributed by atoms with van der Waals surface area (Å²) in [4.78, 5) is 3.25. The summed E-state index contributed by atoms with van der Waals surface area (Å²) in [5, 5.41) is 2.06. The molecule has 1 aromatic carbocycles. The van der Waals surface area contributed by atoms with Gasteiger partial charge in [0, 0.05) is 25.0 Å². The number of rotatable bonds is 5. The van der Waals surface area contributed by atoms with Crippen molar-refractivity contribution >= 4 is 17.0 Å². The van der Waals surface area contributed by atoms with Gasteiger partial charge in [-0.2, -0.15) is 0 Å². The Hall–Kier alpha value is -1.39. The van der Waals surface area contributed by atoms with Gasteiger partial charge in [0.1, 0.15) is 5.82 Å². The second-order valence-corrected chi connectivity index (χ2v) is 5.23. The van der Waals surface area contributed by atoms with E-state index in [2.05, 4.69) is 11.4 Å².